The molecule has 3 nitrogen and oxygen atoms in total. The summed E-state index contributed by atoms with van der Waals surface area (Å²) in [6.45, 7) is 1.62. The van der Waals surface area contributed by atoms with E-state index >= 15 is 0 Å². The maximum absolute atomic E-state index is 13.1. The minimum Gasteiger partial charge on any atom is -0.390 e. The lowest BCUT2D eigenvalue weighted by molar-refractivity contribution is -0.138. The molecule has 0 aromatic heterocycles. The molecule has 1 aromatic rings. The fourth-order valence-corrected chi connectivity index (χ4v) is 3.58. The van der Waals surface area contributed by atoms with Crippen LogP contribution in [0.1, 0.15) is 41.3 Å². The minimum absolute atomic E-state index is 0.0299. The van der Waals surface area contributed by atoms with Crippen LogP contribution in [0.15, 0.2) is 16.6 Å². The normalized spacial score (nSPS) is 28.6. The summed E-state index contributed by atoms with van der Waals surface area (Å²) in [6, 6.07) is 2.25. The highest BCUT2D eigenvalue weighted by atomic mass is 79.9. The van der Waals surface area contributed by atoms with Crippen molar-refractivity contribution in [3.63, 3.8) is 0 Å². The molecule has 0 atom stereocenters. The predicted octanol–water partition coefficient (Wildman–Crippen LogP) is 3.34. The number of rotatable bonds is 1. The van der Waals surface area contributed by atoms with Crippen molar-refractivity contribution in [2.75, 3.05) is 0 Å². The second-order valence-electron chi connectivity index (χ2n) is 5.97. The Hall–Kier alpha value is -1.08. The highest BCUT2D eigenvalue weighted by Crippen LogP contribution is 2.43. The smallest absolute Gasteiger partial charge is 0.390 e. The average Bonchev–Trinajstić information content (AvgIpc) is 2.62. The molecule has 0 spiro atoms. The Morgan fingerprint density at radius 1 is 1.38 bits per heavy atom. The average molecular weight is 364 g/mol. The van der Waals surface area contributed by atoms with Crippen molar-refractivity contribution in [2.45, 2.75) is 44.1 Å². The SMILES string of the molecule is CC1(O)CC(N2Cc3c(cc(Br)cc3C(F)(F)F)C2=O)C1. The molecule has 1 N–H and O–H groups in total. The number of aliphatic hydroxyl groups is 1. The van der Waals surface area contributed by atoms with Crippen LogP contribution < -0.4 is 0 Å². The van der Waals surface area contributed by atoms with E-state index in [1.165, 1.54) is 11.0 Å². The summed E-state index contributed by atoms with van der Waals surface area (Å²) in [6.07, 6.45) is -3.69. The van der Waals surface area contributed by atoms with E-state index in [0.29, 0.717) is 12.8 Å². The molecule has 1 heterocycles. The zero-order valence-corrected chi connectivity index (χ0v) is 12.8. The van der Waals surface area contributed by atoms with Gasteiger partial charge < -0.3 is 10.0 Å². The van der Waals surface area contributed by atoms with E-state index in [4.69, 9.17) is 0 Å². The Kier molecular flexibility index (Phi) is 3.15. The number of halogens is 4. The summed E-state index contributed by atoms with van der Waals surface area (Å²) < 4.78 is 39.6. The van der Waals surface area contributed by atoms with E-state index in [1.807, 2.05) is 0 Å². The number of carbonyl (C=O) groups is 1. The number of amides is 1. The van der Waals surface area contributed by atoms with Crippen LogP contribution in [0, 0.1) is 0 Å². The summed E-state index contributed by atoms with van der Waals surface area (Å²) >= 11 is 3.03. The lowest BCUT2D eigenvalue weighted by Crippen LogP contribution is -2.53. The van der Waals surface area contributed by atoms with Crippen molar-refractivity contribution in [1.29, 1.82) is 0 Å². The Morgan fingerprint density at radius 2 is 2.00 bits per heavy atom. The minimum atomic E-state index is -4.49. The van der Waals surface area contributed by atoms with Crippen molar-refractivity contribution in [3.05, 3.63) is 33.3 Å². The van der Waals surface area contributed by atoms with E-state index in [2.05, 4.69) is 15.9 Å². The van der Waals surface area contributed by atoms with Crippen LogP contribution in [0.4, 0.5) is 13.2 Å². The molecule has 0 bridgehead atoms. The Morgan fingerprint density at radius 3 is 2.52 bits per heavy atom. The first-order valence-corrected chi connectivity index (χ1v) is 7.31. The van der Waals surface area contributed by atoms with E-state index in [0.717, 1.165) is 6.07 Å². The number of carbonyl (C=O) groups excluding carboxylic acids is 1. The molecular weight excluding hydrogens is 351 g/mol. The van der Waals surface area contributed by atoms with Gasteiger partial charge in [-0.25, -0.2) is 0 Å². The number of hydrogen-bond acceptors (Lipinski definition) is 2. The fraction of sp³-hybridized carbons (Fsp3) is 0.500. The molecule has 1 amide bonds. The van der Waals surface area contributed by atoms with Gasteiger partial charge >= 0.3 is 6.18 Å². The number of hydrogen-bond donors (Lipinski definition) is 1. The highest BCUT2D eigenvalue weighted by Gasteiger charge is 2.47. The van der Waals surface area contributed by atoms with Gasteiger partial charge in [-0.05, 0) is 37.5 Å². The van der Waals surface area contributed by atoms with Crippen LogP contribution in [-0.4, -0.2) is 27.6 Å². The third-order valence-electron chi connectivity index (χ3n) is 4.13. The quantitative estimate of drug-likeness (QED) is 0.831. The van der Waals surface area contributed by atoms with Gasteiger partial charge in [0.05, 0.1) is 11.2 Å². The Balaban J connectivity index is 1.96. The molecule has 1 aliphatic carbocycles. The van der Waals surface area contributed by atoms with E-state index in [-0.39, 0.29) is 28.2 Å². The number of benzene rings is 1. The van der Waals surface area contributed by atoms with E-state index in [9.17, 15) is 23.1 Å². The van der Waals surface area contributed by atoms with Gasteiger partial charge in [-0.15, -0.1) is 0 Å². The summed E-state index contributed by atoms with van der Waals surface area (Å²) in [7, 11) is 0. The van der Waals surface area contributed by atoms with Gasteiger partial charge in [-0.3, -0.25) is 4.79 Å². The number of nitrogens with zero attached hydrogens (tertiary/aromatic N) is 1. The van der Waals surface area contributed by atoms with Gasteiger partial charge in [0.15, 0.2) is 0 Å². The molecule has 0 saturated heterocycles. The van der Waals surface area contributed by atoms with Crippen molar-refractivity contribution >= 4 is 21.8 Å². The van der Waals surface area contributed by atoms with Crippen LogP contribution in [0.2, 0.25) is 0 Å². The van der Waals surface area contributed by atoms with Crippen molar-refractivity contribution < 1.29 is 23.1 Å². The van der Waals surface area contributed by atoms with Gasteiger partial charge in [-0.1, -0.05) is 15.9 Å². The molecule has 3 rings (SSSR count). The zero-order chi connectivity index (χ0) is 15.6. The lowest BCUT2D eigenvalue weighted by Gasteiger charge is -2.45. The van der Waals surface area contributed by atoms with E-state index < -0.39 is 23.2 Å². The first-order chi connectivity index (χ1) is 9.58. The molecule has 0 radical (unpaired) electrons. The molecule has 0 unspecified atom stereocenters. The molecule has 1 aliphatic heterocycles. The van der Waals surface area contributed by atoms with Crippen LogP contribution in [0.5, 0.6) is 0 Å². The second-order valence-corrected chi connectivity index (χ2v) is 6.88. The summed E-state index contributed by atoms with van der Waals surface area (Å²) in [5.41, 5.74) is -1.47. The third-order valence-corrected chi connectivity index (χ3v) is 4.59. The molecule has 114 valence electrons. The fourth-order valence-electron chi connectivity index (χ4n) is 3.12. The third kappa shape index (κ3) is 2.46. The first-order valence-electron chi connectivity index (χ1n) is 6.51. The topological polar surface area (TPSA) is 40.5 Å². The highest BCUT2D eigenvalue weighted by molar-refractivity contribution is 9.10. The molecule has 1 fully saturated rings. The van der Waals surface area contributed by atoms with Crippen molar-refractivity contribution in [1.82, 2.24) is 4.90 Å². The van der Waals surface area contributed by atoms with Gasteiger partial charge in [-0.2, -0.15) is 13.2 Å². The van der Waals surface area contributed by atoms with Crippen LogP contribution in [0.3, 0.4) is 0 Å². The zero-order valence-electron chi connectivity index (χ0n) is 11.2. The van der Waals surface area contributed by atoms with Gasteiger partial charge in [0, 0.05) is 22.6 Å². The summed E-state index contributed by atoms with van der Waals surface area (Å²) in [5, 5.41) is 9.75. The first kappa shape index (κ1) is 14.8. The molecule has 21 heavy (non-hydrogen) atoms. The Bertz CT molecular complexity index is 619. The van der Waals surface area contributed by atoms with Crippen molar-refractivity contribution in [2.24, 2.45) is 0 Å². The molecular formula is C14H13BrF3NO2. The van der Waals surface area contributed by atoms with Crippen LogP contribution in [-0.2, 0) is 12.7 Å². The summed E-state index contributed by atoms with van der Waals surface area (Å²) in [5.74, 6) is -0.391. The Labute approximate surface area is 127 Å². The van der Waals surface area contributed by atoms with Gasteiger partial charge in [0.25, 0.3) is 5.91 Å². The van der Waals surface area contributed by atoms with Crippen molar-refractivity contribution in [3.8, 4) is 0 Å². The number of alkyl halides is 3. The maximum atomic E-state index is 13.1. The molecule has 2 aliphatic rings. The molecule has 1 aromatic carbocycles. The van der Waals surface area contributed by atoms with E-state index in [1.54, 1.807) is 6.92 Å². The lowest BCUT2D eigenvalue weighted by atomic mass is 9.76. The van der Waals surface area contributed by atoms with Crippen LogP contribution in [0.25, 0.3) is 0 Å². The number of fused-ring (bicyclic) bond motifs is 1. The monoisotopic (exact) mass is 363 g/mol. The second kappa shape index (κ2) is 4.46. The standard InChI is InChI=1S/C14H13BrF3NO2/c1-13(21)4-8(5-13)19-6-10-9(12(19)20)2-7(15)3-11(10)14(16,17)18/h2-3,8,21H,4-6H2,1H3. The summed E-state index contributed by atoms with van der Waals surface area (Å²) in [4.78, 5) is 13.8. The van der Waals surface area contributed by atoms with Gasteiger partial charge in [0.1, 0.15) is 0 Å². The largest absolute Gasteiger partial charge is 0.416 e. The van der Waals surface area contributed by atoms with Crippen LogP contribution >= 0.6 is 15.9 Å². The predicted molar refractivity (Wildman–Crippen MR) is 72.7 cm³/mol. The molecule has 1 saturated carbocycles. The van der Waals surface area contributed by atoms with Gasteiger partial charge in [0.2, 0.25) is 0 Å². The molecule has 7 heteroatoms. The maximum Gasteiger partial charge on any atom is 0.416 e.